The number of rotatable bonds is 3. The average Bonchev–Trinajstić information content (AvgIpc) is 2.26. The molecule has 0 fully saturated rings. The number of benzene rings is 1. The van der Waals surface area contributed by atoms with Gasteiger partial charge in [0.1, 0.15) is 5.57 Å². The topological polar surface area (TPSA) is 43.4 Å². The van der Waals surface area contributed by atoms with Crippen molar-refractivity contribution in [3.05, 3.63) is 41.5 Å². The molecule has 0 bridgehead atoms. The Bertz CT molecular complexity index is 391. The number of hydrogen-bond donors (Lipinski definition) is 0. The van der Waals surface area contributed by atoms with Gasteiger partial charge in [0.05, 0.1) is 7.11 Å². The first kappa shape index (κ1) is 11.2. The van der Waals surface area contributed by atoms with Crippen LogP contribution in [-0.2, 0) is 14.3 Å². The van der Waals surface area contributed by atoms with E-state index in [1.54, 1.807) is 0 Å². The maximum absolute atomic E-state index is 11.2. The third-order valence-electron chi connectivity index (χ3n) is 1.90. The average molecular weight is 204 g/mol. The van der Waals surface area contributed by atoms with Crippen molar-refractivity contribution in [1.29, 1.82) is 0 Å². The summed E-state index contributed by atoms with van der Waals surface area (Å²) in [5, 5.41) is 0. The molecule has 0 aliphatic heterocycles. The maximum atomic E-state index is 11.2. The van der Waals surface area contributed by atoms with Crippen molar-refractivity contribution in [2.24, 2.45) is 0 Å². The molecule has 0 unspecified atom stereocenters. The Morgan fingerprint density at radius 3 is 2.27 bits per heavy atom. The zero-order chi connectivity index (χ0) is 11.3. The molecular weight excluding hydrogens is 192 g/mol. The normalized spacial score (nSPS) is 10.9. The second-order valence-corrected chi connectivity index (χ2v) is 3.02. The molecule has 0 N–H and O–H groups in total. The summed E-state index contributed by atoms with van der Waals surface area (Å²) < 4.78 is 4.52. The van der Waals surface area contributed by atoms with Crippen LogP contribution in [0, 0.1) is 0 Å². The molecule has 3 heteroatoms. The molecule has 0 aromatic heterocycles. The number of carbonyl (C=O) groups is 2. The number of ketones is 1. The maximum Gasteiger partial charge on any atom is 0.341 e. The van der Waals surface area contributed by atoms with E-state index in [0.29, 0.717) is 0 Å². The fraction of sp³-hybridized carbons (Fsp3) is 0.167. The van der Waals surface area contributed by atoms with Crippen LogP contribution in [0.1, 0.15) is 12.5 Å². The Morgan fingerprint density at radius 1 is 1.20 bits per heavy atom. The first-order valence-corrected chi connectivity index (χ1v) is 4.51. The highest BCUT2D eigenvalue weighted by molar-refractivity contribution is 6.19. The standard InChI is InChI=1S/C12H12O3/c1-9(13)11(12(14)15-2)8-10-6-4-3-5-7-10/h3-8H,1-2H3/b11-8-. The molecule has 3 nitrogen and oxygen atoms in total. The van der Waals surface area contributed by atoms with Gasteiger partial charge < -0.3 is 4.74 Å². The lowest BCUT2D eigenvalue weighted by molar-refractivity contribution is -0.137. The van der Waals surface area contributed by atoms with E-state index in [0.717, 1.165) is 5.56 Å². The van der Waals surface area contributed by atoms with Gasteiger partial charge in [-0.25, -0.2) is 4.79 Å². The van der Waals surface area contributed by atoms with Gasteiger partial charge in [-0.2, -0.15) is 0 Å². The number of esters is 1. The molecule has 0 spiro atoms. The minimum absolute atomic E-state index is 0.0590. The smallest absolute Gasteiger partial charge is 0.341 e. The van der Waals surface area contributed by atoms with Gasteiger partial charge >= 0.3 is 5.97 Å². The summed E-state index contributed by atoms with van der Waals surface area (Å²) in [6, 6.07) is 9.16. The first-order chi connectivity index (χ1) is 7.15. The summed E-state index contributed by atoms with van der Waals surface area (Å²) in [4.78, 5) is 22.4. The fourth-order valence-electron chi connectivity index (χ4n) is 1.13. The second kappa shape index (κ2) is 5.10. The molecule has 1 rings (SSSR count). The van der Waals surface area contributed by atoms with E-state index < -0.39 is 5.97 Å². The summed E-state index contributed by atoms with van der Waals surface area (Å²) in [7, 11) is 1.25. The molecule has 78 valence electrons. The lowest BCUT2D eigenvalue weighted by Crippen LogP contribution is -2.11. The van der Waals surface area contributed by atoms with Gasteiger partial charge in [0.2, 0.25) is 0 Å². The fourth-order valence-corrected chi connectivity index (χ4v) is 1.13. The van der Waals surface area contributed by atoms with E-state index >= 15 is 0 Å². The second-order valence-electron chi connectivity index (χ2n) is 3.02. The number of Topliss-reactive ketones (excluding diaryl/α,β-unsaturated/α-hetero) is 1. The monoisotopic (exact) mass is 204 g/mol. The van der Waals surface area contributed by atoms with Crippen LogP contribution in [0.15, 0.2) is 35.9 Å². The Morgan fingerprint density at radius 2 is 1.80 bits per heavy atom. The van der Waals surface area contributed by atoms with Gasteiger partial charge in [0, 0.05) is 0 Å². The van der Waals surface area contributed by atoms with Crippen LogP contribution in [0.2, 0.25) is 0 Å². The Kier molecular flexibility index (Phi) is 3.80. The molecule has 0 atom stereocenters. The minimum atomic E-state index is -0.605. The highest BCUT2D eigenvalue weighted by Crippen LogP contribution is 2.08. The summed E-state index contributed by atoms with van der Waals surface area (Å²) in [6.45, 7) is 1.34. The van der Waals surface area contributed by atoms with Crippen LogP contribution in [-0.4, -0.2) is 18.9 Å². The van der Waals surface area contributed by atoms with E-state index in [2.05, 4.69) is 4.74 Å². The van der Waals surface area contributed by atoms with Gasteiger partial charge in [0.15, 0.2) is 5.78 Å². The molecule has 0 saturated heterocycles. The molecule has 0 saturated carbocycles. The first-order valence-electron chi connectivity index (χ1n) is 4.51. The molecule has 0 aliphatic rings. The summed E-state index contributed by atoms with van der Waals surface area (Å²) in [6.07, 6.45) is 1.52. The number of carbonyl (C=O) groups excluding carboxylic acids is 2. The molecule has 0 heterocycles. The largest absolute Gasteiger partial charge is 0.465 e. The van der Waals surface area contributed by atoms with Crippen LogP contribution in [0.25, 0.3) is 6.08 Å². The lowest BCUT2D eigenvalue weighted by Gasteiger charge is -2.01. The van der Waals surface area contributed by atoms with Crippen molar-refractivity contribution in [1.82, 2.24) is 0 Å². The van der Waals surface area contributed by atoms with E-state index in [1.807, 2.05) is 30.3 Å². The van der Waals surface area contributed by atoms with Crippen molar-refractivity contribution in [2.75, 3.05) is 7.11 Å². The molecule has 1 aromatic carbocycles. The molecule has 0 radical (unpaired) electrons. The van der Waals surface area contributed by atoms with Gasteiger partial charge in [-0.1, -0.05) is 30.3 Å². The molecule has 0 aliphatic carbocycles. The SMILES string of the molecule is COC(=O)/C(=C\c1ccccc1)C(C)=O. The van der Waals surface area contributed by atoms with Crippen molar-refractivity contribution in [2.45, 2.75) is 6.92 Å². The Labute approximate surface area is 88.4 Å². The molecule has 0 amide bonds. The van der Waals surface area contributed by atoms with Crippen molar-refractivity contribution in [3.63, 3.8) is 0 Å². The van der Waals surface area contributed by atoms with Crippen molar-refractivity contribution in [3.8, 4) is 0 Å². The molecule has 1 aromatic rings. The number of hydrogen-bond acceptors (Lipinski definition) is 3. The summed E-state index contributed by atoms with van der Waals surface area (Å²) in [5.41, 5.74) is 0.858. The van der Waals surface area contributed by atoms with Gasteiger partial charge in [0.25, 0.3) is 0 Å². The molecule has 15 heavy (non-hydrogen) atoms. The van der Waals surface area contributed by atoms with E-state index in [9.17, 15) is 9.59 Å². The number of methoxy groups -OCH3 is 1. The zero-order valence-electron chi connectivity index (χ0n) is 8.69. The van der Waals surface area contributed by atoms with Crippen LogP contribution >= 0.6 is 0 Å². The lowest BCUT2D eigenvalue weighted by atomic mass is 10.1. The van der Waals surface area contributed by atoms with Gasteiger partial charge in [-0.15, -0.1) is 0 Å². The highest BCUT2D eigenvalue weighted by Gasteiger charge is 2.14. The Hall–Kier alpha value is -1.90. The zero-order valence-corrected chi connectivity index (χ0v) is 8.69. The summed E-state index contributed by atoms with van der Waals surface area (Å²) in [5.74, 6) is -0.906. The van der Waals surface area contributed by atoms with Gasteiger partial charge in [-0.3, -0.25) is 4.79 Å². The van der Waals surface area contributed by atoms with E-state index in [-0.39, 0.29) is 11.4 Å². The highest BCUT2D eigenvalue weighted by atomic mass is 16.5. The quantitative estimate of drug-likeness (QED) is 0.326. The number of ether oxygens (including phenoxy) is 1. The summed E-state index contributed by atoms with van der Waals surface area (Å²) >= 11 is 0. The predicted octanol–water partition coefficient (Wildman–Crippen LogP) is 1.83. The Balaban J connectivity index is 3.05. The third kappa shape index (κ3) is 3.06. The van der Waals surface area contributed by atoms with Crippen LogP contribution in [0.4, 0.5) is 0 Å². The van der Waals surface area contributed by atoms with E-state index in [4.69, 9.17) is 0 Å². The van der Waals surface area contributed by atoms with Crippen LogP contribution in [0.3, 0.4) is 0 Å². The van der Waals surface area contributed by atoms with Gasteiger partial charge in [-0.05, 0) is 18.6 Å². The molecular formula is C12H12O3. The third-order valence-corrected chi connectivity index (χ3v) is 1.90. The van der Waals surface area contributed by atoms with Crippen LogP contribution < -0.4 is 0 Å². The minimum Gasteiger partial charge on any atom is -0.465 e. The van der Waals surface area contributed by atoms with Crippen LogP contribution in [0.5, 0.6) is 0 Å². The van der Waals surface area contributed by atoms with E-state index in [1.165, 1.54) is 20.1 Å². The van der Waals surface area contributed by atoms with Crippen molar-refractivity contribution < 1.29 is 14.3 Å². The predicted molar refractivity (Wildman–Crippen MR) is 57.1 cm³/mol. The van der Waals surface area contributed by atoms with Crippen molar-refractivity contribution >= 4 is 17.8 Å².